The van der Waals surface area contributed by atoms with Gasteiger partial charge in [-0.05, 0) is 147 Å². The van der Waals surface area contributed by atoms with Crippen LogP contribution in [0.5, 0.6) is 0 Å². The quantitative estimate of drug-likeness (QED) is 0.0682. The minimum Gasteiger partial charge on any atom is -0.501 e. The summed E-state index contributed by atoms with van der Waals surface area (Å²) in [7, 11) is 1.73. The molecule has 2 aliphatic rings. The van der Waals surface area contributed by atoms with Crippen molar-refractivity contribution < 1.29 is 4.74 Å². The van der Waals surface area contributed by atoms with E-state index in [9.17, 15) is 0 Å². The van der Waals surface area contributed by atoms with Gasteiger partial charge in [0.05, 0.1) is 17.5 Å². The molecule has 2 aromatic rings. The molecule has 5 nitrogen and oxygen atoms in total. The number of anilines is 1. The van der Waals surface area contributed by atoms with E-state index in [0.29, 0.717) is 0 Å². The number of thiol groups is 1. The topological polar surface area (TPSA) is 31.0 Å². The Balaban J connectivity index is 1.38. The van der Waals surface area contributed by atoms with Gasteiger partial charge in [0.15, 0.2) is 0 Å². The van der Waals surface area contributed by atoms with Crippen LogP contribution in [0.3, 0.4) is 0 Å². The third kappa shape index (κ3) is 11.6. The van der Waals surface area contributed by atoms with Crippen molar-refractivity contribution in [3.05, 3.63) is 112 Å². The number of nitrogens with zero attached hydrogens (tertiary/aromatic N) is 3. The predicted molar refractivity (Wildman–Crippen MR) is 238 cm³/mol. The second-order valence-electron chi connectivity index (χ2n) is 14.9. The normalized spacial score (nSPS) is 17.8. The fraction of sp³-hybridized carbons (Fsp3) is 0.522. The van der Waals surface area contributed by atoms with Crippen LogP contribution < -0.4 is 10.2 Å². The van der Waals surface area contributed by atoms with Crippen LogP contribution in [0, 0.1) is 12.8 Å². The first kappa shape index (κ1) is 42.9. The van der Waals surface area contributed by atoms with E-state index in [0.717, 1.165) is 87.9 Å². The van der Waals surface area contributed by atoms with E-state index in [2.05, 4.69) is 117 Å². The molecule has 1 unspecified atom stereocenters. The number of hydrogen-bond donors (Lipinski definition) is 2. The summed E-state index contributed by atoms with van der Waals surface area (Å²) < 4.78 is 5.74. The minimum atomic E-state index is 0.0882. The molecule has 7 heteroatoms. The average Bonchev–Trinajstić information content (AvgIpc) is 3.18. The van der Waals surface area contributed by atoms with E-state index in [4.69, 9.17) is 17.4 Å². The van der Waals surface area contributed by atoms with Crippen molar-refractivity contribution in [2.45, 2.75) is 91.2 Å². The fourth-order valence-corrected chi connectivity index (χ4v) is 8.90. The first-order valence-corrected chi connectivity index (χ1v) is 21.7. The number of nitrogens with one attached hydrogen (secondary N) is 1. The van der Waals surface area contributed by atoms with Crippen LogP contribution in [-0.4, -0.2) is 73.6 Å². The Morgan fingerprint density at radius 1 is 1.00 bits per heavy atom. The molecular weight excluding hydrogens is 689 g/mol. The summed E-state index contributed by atoms with van der Waals surface area (Å²) in [5.74, 6) is 1.70. The molecule has 2 saturated heterocycles. The molecule has 2 heterocycles. The molecule has 53 heavy (non-hydrogen) atoms. The van der Waals surface area contributed by atoms with Crippen molar-refractivity contribution in [3.63, 3.8) is 0 Å². The number of rotatable bonds is 18. The lowest BCUT2D eigenvalue weighted by Crippen LogP contribution is -2.46. The second-order valence-corrected chi connectivity index (χ2v) is 16.7. The first-order chi connectivity index (χ1) is 25.6. The fourth-order valence-electron chi connectivity index (χ4n) is 8.00. The lowest BCUT2D eigenvalue weighted by atomic mass is 9.88. The van der Waals surface area contributed by atoms with E-state index in [1.807, 2.05) is 6.92 Å². The lowest BCUT2D eigenvalue weighted by Gasteiger charge is -2.37. The van der Waals surface area contributed by atoms with Gasteiger partial charge in [-0.2, -0.15) is 12.6 Å². The summed E-state index contributed by atoms with van der Waals surface area (Å²) in [5.41, 5.74) is 14.3. The third-order valence-electron chi connectivity index (χ3n) is 11.4. The van der Waals surface area contributed by atoms with Crippen molar-refractivity contribution in [3.8, 4) is 0 Å². The number of hydrogen-bond acceptors (Lipinski definition) is 7. The number of ether oxygens (including phenoxy) is 1. The van der Waals surface area contributed by atoms with Gasteiger partial charge in [-0.15, -0.1) is 11.8 Å². The van der Waals surface area contributed by atoms with Crippen LogP contribution >= 0.6 is 24.4 Å². The maximum absolute atomic E-state index is 5.65. The molecule has 1 N–H and O–H groups in total. The Bertz CT molecular complexity index is 1630. The third-order valence-corrected chi connectivity index (χ3v) is 13.1. The zero-order chi connectivity index (χ0) is 38.5. The molecule has 0 bridgehead atoms. The highest BCUT2D eigenvalue weighted by Crippen LogP contribution is 2.36. The van der Waals surface area contributed by atoms with Gasteiger partial charge in [-0.25, -0.2) is 0 Å². The number of piperazine rings is 1. The Morgan fingerprint density at radius 2 is 1.68 bits per heavy atom. The van der Waals surface area contributed by atoms with Crippen LogP contribution in [0.1, 0.15) is 93.7 Å². The largest absolute Gasteiger partial charge is 0.501 e. The average molecular weight is 757 g/mol. The molecule has 0 aromatic heterocycles. The summed E-state index contributed by atoms with van der Waals surface area (Å²) in [5, 5.41) is 3.29. The van der Waals surface area contributed by atoms with Gasteiger partial charge in [-0.3, -0.25) is 4.90 Å². The van der Waals surface area contributed by atoms with E-state index in [1.165, 1.54) is 76.0 Å². The summed E-state index contributed by atoms with van der Waals surface area (Å²) >= 11 is 6.73. The molecule has 290 valence electrons. The summed E-state index contributed by atoms with van der Waals surface area (Å²) in [6.07, 6.45) is 15.0. The van der Waals surface area contributed by atoms with Crippen LogP contribution in [0.2, 0.25) is 0 Å². The Morgan fingerprint density at radius 3 is 2.26 bits per heavy atom. The molecule has 0 radical (unpaired) electrons. The van der Waals surface area contributed by atoms with Crippen molar-refractivity contribution in [2.24, 2.45) is 5.92 Å². The molecule has 2 fully saturated rings. The number of thioether (sulfide) groups is 1. The Hall–Kier alpha value is -2.84. The lowest BCUT2D eigenvalue weighted by molar-refractivity contribution is 0.119. The number of benzene rings is 2. The maximum Gasteiger partial charge on any atom is 0.0930 e. The van der Waals surface area contributed by atoms with Crippen LogP contribution in [0.25, 0.3) is 11.1 Å². The van der Waals surface area contributed by atoms with Crippen LogP contribution in [0.15, 0.2) is 78.9 Å². The zero-order valence-electron chi connectivity index (χ0n) is 34.2. The predicted octanol–water partition coefficient (Wildman–Crippen LogP) is 10.5. The van der Waals surface area contributed by atoms with Gasteiger partial charge >= 0.3 is 0 Å². The molecular formula is C46H68N4OS2. The molecule has 1 atom stereocenters. The van der Waals surface area contributed by atoms with Crippen molar-refractivity contribution in [2.75, 3.05) is 64.1 Å². The SMILES string of the molecule is C=CNC=C(C(/C=C(\C)OC)=C(/CC)C(S)SC)c1cc(C)c(CN2CCN(CCC3CCN(c4ccc(CC)c(C(=C)C)c4)CC3)CC2)c(CC)c1. The highest BCUT2D eigenvalue weighted by molar-refractivity contribution is 8.10. The molecule has 0 saturated carbocycles. The minimum absolute atomic E-state index is 0.0882. The highest BCUT2D eigenvalue weighted by Gasteiger charge is 2.24. The number of methoxy groups -OCH3 is 1. The molecule has 2 aliphatic heterocycles. The van der Waals surface area contributed by atoms with E-state index >= 15 is 0 Å². The second kappa shape index (κ2) is 21.3. The molecule has 0 amide bonds. The van der Waals surface area contributed by atoms with Crippen LogP contribution in [0.4, 0.5) is 5.69 Å². The molecule has 4 rings (SSSR count). The summed E-state index contributed by atoms with van der Waals surface area (Å²) in [4.78, 5) is 7.98. The molecule has 2 aromatic carbocycles. The first-order valence-electron chi connectivity index (χ1n) is 19.9. The standard InChI is InChI=1S/C46H68N4OS2/c1-11-37-15-16-40(30-42(37)33(5)6)50-21-18-36(19-22-50)17-20-48-23-25-49(26-24-48)32-45-34(7)27-39(29-38(45)12-2)44(31-47-14-4)43(28-35(8)51-9)41(13-3)46(52)53-10/h14-16,27-31,36,46-47,52H,4-5,11-13,17-26,32H2,1-3,6-10H3/b35-28+,43-41-,44-31?. The van der Waals surface area contributed by atoms with Crippen LogP contribution in [-0.2, 0) is 24.1 Å². The van der Waals surface area contributed by atoms with Gasteiger partial charge in [0.25, 0.3) is 0 Å². The highest BCUT2D eigenvalue weighted by atomic mass is 32.2. The summed E-state index contributed by atoms with van der Waals surface area (Å²) in [6.45, 7) is 30.5. The van der Waals surface area contributed by atoms with Gasteiger partial charge < -0.3 is 19.9 Å². The van der Waals surface area contributed by atoms with Crippen molar-refractivity contribution >= 4 is 41.2 Å². The Labute approximate surface area is 333 Å². The van der Waals surface area contributed by atoms with Gasteiger partial charge in [0.1, 0.15) is 0 Å². The van der Waals surface area contributed by atoms with Crippen molar-refractivity contribution in [1.82, 2.24) is 15.1 Å². The maximum atomic E-state index is 5.65. The summed E-state index contributed by atoms with van der Waals surface area (Å²) in [6, 6.07) is 11.8. The smallest absolute Gasteiger partial charge is 0.0930 e. The van der Waals surface area contributed by atoms with E-state index in [1.54, 1.807) is 25.1 Å². The number of allylic oxidation sites excluding steroid dienone is 5. The molecule has 0 spiro atoms. The molecule has 0 aliphatic carbocycles. The van der Waals surface area contributed by atoms with E-state index < -0.39 is 0 Å². The number of aryl methyl sites for hydroxylation is 3. The van der Waals surface area contributed by atoms with Gasteiger partial charge in [-0.1, -0.05) is 57.7 Å². The van der Waals surface area contributed by atoms with Gasteiger partial charge in [0.2, 0.25) is 0 Å². The van der Waals surface area contributed by atoms with E-state index in [-0.39, 0.29) is 4.58 Å². The Kier molecular flexibility index (Phi) is 17.2. The van der Waals surface area contributed by atoms with Crippen molar-refractivity contribution in [1.29, 1.82) is 0 Å². The van der Waals surface area contributed by atoms with Gasteiger partial charge in [0, 0.05) is 63.3 Å². The zero-order valence-corrected chi connectivity index (χ0v) is 35.9. The monoisotopic (exact) mass is 756 g/mol. The number of piperidine rings is 1.